The summed E-state index contributed by atoms with van der Waals surface area (Å²) in [6, 6.07) is 3.77. The van der Waals surface area contributed by atoms with E-state index in [2.05, 4.69) is 11.1 Å². The van der Waals surface area contributed by atoms with Crippen LogP contribution < -0.4 is 0 Å². The van der Waals surface area contributed by atoms with E-state index in [0.717, 1.165) is 5.03 Å². The van der Waals surface area contributed by atoms with Gasteiger partial charge in [-0.3, -0.25) is 0 Å². The van der Waals surface area contributed by atoms with Gasteiger partial charge in [0.2, 0.25) is 0 Å². The Kier molecular flexibility index (Phi) is 4.26. The van der Waals surface area contributed by atoms with Crippen molar-refractivity contribution < 1.29 is 5.11 Å². The van der Waals surface area contributed by atoms with Gasteiger partial charge in [-0.15, -0.1) is 23.5 Å². The number of pyridine rings is 1. The van der Waals surface area contributed by atoms with Crippen molar-refractivity contribution >= 4 is 23.5 Å². The predicted octanol–water partition coefficient (Wildman–Crippen LogP) is 1.89. The first kappa shape index (κ1) is 11.4. The first-order valence-corrected chi connectivity index (χ1v) is 6.34. The van der Waals surface area contributed by atoms with Crippen LogP contribution in [0, 0.1) is 11.3 Å². The summed E-state index contributed by atoms with van der Waals surface area (Å²) in [6.45, 7) is -0.0769. The van der Waals surface area contributed by atoms with E-state index in [1.54, 1.807) is 6.07 Å². The van der Waals surface area contributed by atoms with Crippen LogP contribution in [0.3, 0.4) is 0 Å². The van der Waals surface area contributed by atoms with Crippen molar-refractivity contribution in [2.45, 2.75) is 16.7 Å². The lowest BCUT2D eigenvalue weighted by atomic mass is 10.2. The molecule has 0 unspecified atom stereocenters. The van der Waals surface area contributed by atoms with Crippen LogP contribution >= 0.6 is 23.5 Å². The first-order valence-electron chi connectivity index (χ1n) is 3.89. The van der Waals surface area contributed by atoms with Gasteiger partial charge in [0.1, 0.15) is 16.1 Å². The van der Waals surface area contributed by atoms with Crippen LogP contribution in [-0.4, -0.2) is 22.6 Å². The smallest absolute Gasteiger partial charge is 0.115 e. The highest BCUT2D eigenvalue weighted by molar-refractivity contribution is 7.99. The first-order chi connectivity index (χ1) is 6.76. The van der Waals surface area contributed by atoms with E-state index in [1.165, 1.54) is 23.5 Å². The summed E-state index contributed by atoms with van der Waals surface area (Å²) < 4.78 is 0. The summed E-state index contributed by atoms with van der Waals surface area (Å²) in [5.41, 5.74) is 1.24. The van der Waals surface area contributed by atoms with Crippen molar-refractivity contribution in [3.63, 3.8) is 0 Å². The summed E-state index contributed by atoms with van der Waals surface area (Å²) in [5, 5.41) is 19.4. The van der Waals surface area contributed by atoms with Gasteiger partial charge in [-0.2, -0.15) is 5.26 Å². The number of nitriles is 1. The average Bonchev–Trinajstić information content (AvgIpc) is 2.26. The Labute approximate surface area is 91.5 Å². The second-order valence-corrected chi connectivity index (χ2v) is 4.07. The Morgan fingerprint density at radius 2 is 2.07 bits per heavy atom. The number of nitrogens with zero attached hydrogens (tertiary/aromatic N) is 2. The summed E-state index contributed by atoms with van der Waals surface area (Å²) in [4.78, 5) is 4.29. The SMILES string of the molecule is CSc1nc(SC)c(CO)cc1C#N. The fourth-order valence-electron chi connectivity index (χ4n) is 1.05. The second-order valence-electron chi connectivity index (χ2n) is 2.48. The molecule has 0 aliphatic heterocycles. The number of thioether (sulfide) groups is 2. The summed E-state index contributed by atoms with van der Waals surface area (Å²) >= 11 is 2.92. The molecule has 1 aromatic heterocycles. The van der Waals surface area contributed by atoms with Crippen LogP contribution in [0.2, 0.25) is 0 Å². The number of hydrogen-bond acceptors (Lipinski definition) is 5. The number of aromatic nitrogens is 1. The van der Waals surface area contributed by atoms with Crippen molar-refractivity contribution in [2.75, 3.05) is 12.5 Å². The van der Waals surface area contributed by atoms with Gasteiger partial charge in [0.25, 0.3) is 0 Å². The molecule has 0 spiro atoms. The maximum atomic E-state index is 9.06. The standard InChI is InChI=1S/C9H10N2OS2/c1-13-8-6(4-10)3-7(5-12)9(11-8)14-2/h3,12H,5H2,1-2H3. The van der Waals surface area contributed by atoms with Crippen LogP contribution in [0.5, 0.6) is 0 Å². The van der Waals surface area contributed by atoms with E-state index < -0.39 is 0 Å². The van der Waals surface area contributed by atoms with E-state index in [9.17, 15) is 0 Å². The minimum atomic E-state index is -0.0769. The molecule has 1 rings (SSSR count). The normalized spacial score (nSPS) is 9.86. The largest absolute Gasteiger partial charge is 0.392 e. The Morgan fingerprint density at radius 1 is 1.43 bits per heavy atom. The second kappa shape index (κ2) is 5.25. The van der Waals surface area contributed by atoms with Gasteiger partial charge in [0, 0.05) is 5.56 Å². The van der Waals surface area contributed by atoms with Gasteiger partial charge in [0.15, 0.2) is 0 Å². The molecule has 3 nitrogen and oxygen atoms in total. The van der Waals surface area contributed by atoms with Crippen LogP contribution in [0.1, 0.15) is 11.1 Å². The molecule has 0 aliphatic carbocycles. The number of aliphatic hydroxyl groups excluding tert-OH is 1. The van der Waals surface area contributed by atoms with Crippen molar-refractivity contribution in [3.05, 3.63) is 17.2 Å². The molecule has 14 heavy (non-hydrogen) atoms. The lowest BCUT2D eigenvalue weighted by molar-refractivity contribution is 0.277. The van der Waals surface area contributed by atoms with Crippen LogP contribution in [-0.2, 0) is 6.61 Å². The van der Waals surface area contributed by atoms with Gasteiger partial charge >= 0.3 is 0 Å². The molecule has 0 aromatic carbocycles. The van der Waals surface area contributed by atoms with Gasteiger partial charge < -0.3 is 5.11 Å². The third-order valence-electron chi connectivity index (χ3n) is 1.70. The van der Waals surface area contributed by atoms with E-state index in [0.29, 0.717) is 16.2 Å². The average molecular weight is 226 g/mol. The van der Waals surface area contributed by atoms with E-state index in [1.807, 2.05) is 12.5 Å². The minimum Gasteiger partial charge on any atom is -0.392 e. The predicted molar refractivity (Wildman–Crippen MR) is 58.4 cm³/mol. The molecule has 1 heterocycles. The van der Waals surface area contributed by atoms with Crippen molar-refractivity contribution in [1.29, 1.82) is 5.26 Å². The monoisotopic (exact) mass is 226 g/mol. The lowest BCUT2D eigenvalue weighted by Crippen LogP contribution is -1.96. The maximum absolute atomic E-state index is 9.06. The molecule has 1 N–H and O–H groups in total. The van der Waals surface area contributed by atoms with Gasteiger partial charge in [-0.1, -0.05) is 0 Å². The number of hydrogen-bond donors (Lipinski definition) is 1. The Hall–Kier alpha value is -0.700. The fourth-order valence-corrected chi connectivity index (χ4v) is 2.18. The van der Waals surface area contributed by atoms with Crippen molar-refractivity contribution in [2.24, 2.45) is 0 Å². The minimum absolute atomic E-state index is 0.0769. The topological polar surface area (TPSA) is 56.9 Å². The summed E-state index contributed by atoms with van der Waals surface area (Å²) in [5.74, 6) is 0. The van der Waals surface area contributed by atoms with Gasteiger partial charge in [-0.05, 0) is 18.6 Å². The molecule has 1 aromatic rings. The summed E-state index contributed by atoms with van der Waals surface area (Å²) in [7, 11) is 0. The van der Waals surface area contributed by atoms with Crippen molar-refractivity contribution in [1.82, 2.24) is 4.98 Å². The highest BCUT2D eigenvalue weighted by Gasteiger charge is 2.09. The zero-order valence-electron chi connectivity index (χ0n) is 7.94. The number of rotatable bonds is 3. The molecular formula is C9H10N2OS2. The molecule has 0 fully saturated rings. The van der Waals surface area contributed by atoms with E-state index >= 15 is 0 Å². The summed E-state index contributed by atoms with van der Waals surface area (Å²) in [6.07, 6.45) is 3.78. The highest BCUT2D eigenvalue weighted by Crippen LogP contribution is 2.25. The third-order valence-corrected chi connectivity index (χ3v) is 3.14. The molecule has 0 saturated carbocycles. The zero-order chi connectivity index (χ0) is 10.6. The van der Waals surface area contributed by atoms with Crippen LogP contribution in [0.15, 0.2) is 16.1 Å². The fraction of sp³-hybridized carbons (Fsp3) is 0.333. The molecule has 5 heteroatoms. The van der Waals surface area contributed by atoms with Crippen LogP contribution in [0.4, 0.5) is 0 Å². The molecule has 0 aliphatic rings. The quantitative estimate of drug-likeness (QED) is 0.798. The van der Waals surface area contributed by atoms with Gasteiger partial charge in [0.05, 0.1) is 12.2 Å². The molecule has 0 radical (unpaired) electrons. The van der Waals surface area contributed by atoms with Crippen molar-refractivity contribution in [3.8, 4) is 6.07 Å². The molecule has 0 bridgehead atoms. The third kappa shape index (κ3) is 2.21. The highest BCUT2D eigenvalue weighted by atomic mass is 32.2. The Bertz CT molecular complexity index is 374. The van der Waals surface area contributed by atoms with E-state index in [-0.39, 0.29) is 6.61 Å². The van der Waals surface area contributed by atoms with Crippen LogP contribution in [0.25, 0.3) is 0 Å². The molecule has 0 atom stereocenters. The van der Waals surface area contributed by atoms with E-state index in [4.69, 9.17) is 10.4 Å². The Balaban J connectivity index is 3.30. The van der Waals surface area contributed by atoms with Gasteiger partial charge in [-0.25, -0.2) is 4.98 Å². The molecular weight excluding hydrogens is 216 g/mol. The molecule has 0 saturated heterocycles. The Morgan fingerprint density at radius 3 is 2.50 bits per heavy atom. The maximum Gasteiger partial charge on any atom is 0.115 e. The lowest BCUT2D eigenvalue weighted by Gasteiger charge is -2.06. The number of aliphatic hydroxyl groups is 1. The zero-order valence-corrected chi connectivity index (χ0v) is 9.58. The molecule has 74 valence electrons. The molecule has 0 amide bonds.